The van der Waals surface area contributed by atoms with Gasteiger partial charge in [-0.15, -0.1) is 0 Å². The van der Waals surface area contributed by atoms with Gasteiger partial charge in [-0.3, -0.25) is 4.79 Å². The highest BCUT2D eigenvalue weighted by atomic mass is 16.7. The number of carbonyl (C=O) groups is 1. The van der Waals surface area contributed by atoms with E-state index in [2.05, 4.69) is 0 Å². The van der Waals surface area contributed by atoms with Gasteiger partial charge in [0.1, 0.15) is 22.8 Å². The highest BCUT2D eigenvalue weighted by Gasteiger charge is 2.17. The highest BCUT2D eigenvalue weighted by molar-refractivity contribution is 6.10. The molecule has 3 rings (SSSR count). The number of benzene rings is 2. The summed E-state index contributed by atoms with van der Waals surface area (Å²) in [5, 5.41) is 19.3. The summed E-state index contributed by atoms with van der Waals surface area (Å²) < 4.78 is 15.5. The van der Waals surface area contributed by atoms with E-state index in [0.717, 1.165) is 11.6 Å². The molecular weight excluding hydrogens is 300 g/mol. The third kappa shape index (κ3) is 2.91. The van der Waals surface area contributed by atoms with Crippen LogP contribution >= 0.6 is 0 Å². The number of ketones is 1. The first-order valence-corrected chi connectivity index (χ1v) is 6.80. The van der Waals surface area contributed by atoms with Crippen LogP contribution in [0, 0.1) is 0 Å². The van der Waals surface area contributed by atoms with Crippen molar-refractivity contribution < 1.29 is 29.2 Å². The molecule has 1 aliphatic rings. The number of rotatable bonds is 4. The van der Waals surface area contributed by atoms with E-state index < -0.39 is 5.78 Å². The molecule has 0 fully saturated rings. The standard InChI is InChI=1S/C17H14O6/c1-21-16-8-11(18)7-13(20)17(16)12(19)4-2-10-3-5-14-15(6-10)23-9-22-14/h2-8,18,20H,9H2,1H3/b4-2+. The van der Waals surface area contributed by atoms with E-state index in [0.29, 0.717) is 11.5 Å². The molecule has 0 unspecified atom stereocenters. The maximum absolute atomic E-state index is 12.3. The van der Waals surface area contributed by atoms with Crippen molar-refractivity contribution in [2.45, 2.75) is 0 Å². The molecule has 0 spiro atoms. The SMILES string of the molecule is COc1cc(O)cc(O)c1C(=O)/C=C/c1ccc2c(c1)OCO2. The number of hydrogen-bond acceptors (Lipinski definition) is 6. The number of aromatic hydroxyl groups is 2. The second-order valence-corrected chi connectivity index (χ2v) is 4.85. The zero-order chi connectivity index (χ0) is 16.4. The van der Waals surface area contributed by atoms with E-state index in [1.165, 1.54) is 19.3 Å². The normalized spacial score (nSPS) is 12.6. The van der Waals surface area contributed by atoms with Crippen molar-refractivity contribution in [3.63, 3.8) is 0 Å². The van der Waals surface area contributed by atoms with E-state index in [-0.39, 0.29) is 29.6 Å². The first-order chi connectivity index (χ1) is 11.1. The van der Waals surface area contributed by atoms with Crippen molar-refractivity contribution in [1.82, 2.24) is 0 Å². The van der Waals surface area contributed by atoms with E-state index in [9.17, 15) is 15.0 Å². The van der Waals surface area contributed by atoms with E-state index in [1.807, 2.05) is 0 Å². The topological polar surface area (TPSA) is 85.2 Å². The summed E-state index contributed by atoms with van der Waals surface area (Å²) >= 11 is 0. The van der Waals surface area contributed by atoms with Crippen molar-refractivity contribution in [3.8, 4) is 28.7 Å². The Balaban J connectivity index is 1.87. The van der Waals surface area contributed by atoms with Gasteiger partial charge in [0, 0.05) is 12.1 Å². The Morgan fingerprint density at radius 3 is 2.74 bits per heavy atom. The van der Waals surface area contributed by atoms with Crippen LogP contribution in [0.15, 0.2) is 36.4 Å². The second-order valence-electron chi connectivity index (χ2n) is 4.85. The first kappa shape index (κ1) is 14.8. The molecule has 1 heterocycles. The zero-order valence-electron chi connectivity index (χ0n) is 12.3. The summed E-state index contributed by atoms with van der Waals surface area (Å²) in [6.07, 6.45) is 2.90. The van der Waals surface area contributed by atoms with Crippen LogP contribution in [-0.4, -0.2) is 29.9 Å². The van der Waals surface area contributed by atoms with Crippen molar-refractivity contribution in [2.75, 3.05) is 13.9 Å². The van der Waals surface area contributed by atoms with Gasteiger partial charge in [-0.1, -0.05) is 12.1 Å². The molecule has 0 saturated carbocycles. The lowest BCUT2D eigenvalue weighted by molar-refractivity contribution is 0.104. The van der Waals surface area contributed by atoms with Crippen LogP contribution in [0.4, 0.5) is 0 Å². The van der Waals surface area contributed by atoms with Gasteiger partial charge in [-0.2, -0.15) is 0 Å². The fourth-order valence-electron chi connectivity index (χ4n) is 2.27. The number of fused-ring (bicyclic) bond motifs is 1. The molecule has 2 aromatic carbocycles. The van der Waals surface area contributed by atoms with Gasteiger partial charge in [-0.05, 0) is 23.8 Å². The molecule has 2 aromatic rings. The number of phenolic OH excluding ortho intramolecular Hbond substituents is 2. The van der Waals surface area contributed by atoms with Crippen LogP contribution in [-0.2, 0) is 0 Å². The largest absolute Gasteiger partial charge is 0.508 e. The van der Waals surface area contributed by atoms with Crippen LogP contribution in [0.25, 0.3) is 6.08 Å². The van der Waals surface area contributed by atoms with Crippen LogP contribution < -0.4 is 14.2 Å². The number of allylic oxidation sites excluding steroid dienone is 1. The summed E-state index contributed by atoms with van der Waals surface area (Å²) in [5.74, 6) is 0.397. The minimum Gasteiger partial charge on any atom is -0.508 e. The minimum absolute atomic E-state index is 0.0118. The molecule has 0 radical (unpaired) electrons. The lowest BCUT2D eigenvalue weighted by Gasteiger charge is -2.08. The molecule has 23 heavy (non-hydrogen) atoms. The summed E-state index contributed by atoms with van der Waals surface area (Å²) in [7, 11) is 1.35. The molecule has 0 atom stereocenters. The Hall–Kier alpha value is -3.15. The molecular formula is C17H14O6. The minimum atomic E-state index is -0.447. The van der Waals surface area contributed by atoms with Gasteiger partial charge in [0.15, 0.2) is 17.3 Å². The van der Waals surface area contributed by atoms with E-state index >= 15 is 0 Å². The highest BCUT2D eigenvalue weighted by Crippen LogP contribution is 2.34. The summed E-state index contributed by atoms with van der Waals surface area (Å²) in [6.45, 7) is 0.181. The van der Waals surface area contributed by atoms with Gasteiger partial charge in [-0.25, -0.2) is 0 Å². The summed E-state index contributed by atoms with van der Waals surface area (Å²) in [6, 6.07) is 7.64. The van der Waals surface area contributed by atoms with Gasteiger partial charge in [0.05, 0.1) is 7.11 Å². The maximum Gasteiger partial charge on any atom is 0.231 e. The smallest absolute Gasteiger partial charge is 0.231 e. The number of phenols is 2. The molecule has 6 heteroatoms. The first-order valence-electron chi connectivity index (χ1n) is 6.80. The Morgan fingerprint density at radius 2 is 1.96 bits per heavy atom. The predicted octanol–water partition coefficient (Wildman–Crippen LogP) is 2.73. The van der Waals surface area contributed by atoms with Crippen LogP contribution in [0.3, 0.4) is 0 Å². The Morgan fingerprint density at radius 1 is 1.17 bits per heavy atom. The predicted molar refractivity (Wildman–Crippen MR) is 82.3 cm³/mol. The van der Waals surface area contributed by atoms with Gasteiger partial charge in [0.25, 0.3) is 0 Å². The lowest BCUT2D eigenvalue weighted by Crippen LogP contribution is -1.99. The van der Waals surface area contributed by atoms with Crippen LogP contribution in [0.1, 0.15) is 15.9 Å². The average Bonchev–Trinajstić information content (AvgIpc) is 2.99. The third-order valence-corrected chi connectivity index (χ3v) is 3.36. The van der Waals surface area contributed by atoms with Crippen molar-refractivity contribution in [3.05, 3.63) is 47.5 Å². The van der Waals surface area contributed by atoms with Gasteiger partial charge >= 0.3 is 0 Å². The van der Waals surface area contributed by atoms with Gasteiger partial charge < -0.3 is 24.4 Å². The van der Waals surface area contributed by atoms with E-state index in [4.69, 9.17) is 14.2 Å². The maximum atomic E-state index is 12.3. The monoisotopic (exact) mass is 314 g/mol. The molecule has 0 amide bonds. The lowest BCUT2D eigenvalue weighted by atomic mass is 10.1. The quantitative estimate of drug-likeness (QED) is 0.667. The fraction of sp³-hybridized carbons (Fsp3) is 0.118. The number of methoxy groups -OCH3 is 1. The fourth-order valence-corrected chi connectivity index (χ4v) is 2.27. The second kappa shape index (κ2) is 5.92. The Bertz CT molecular complexity index is 794. The molecule has 1 aliphatic heterocycles. The molecule has 118 valence electrons. The Labute approximate surface area is 132 Å². The molecule has 6 nitrogen and oxygen atoms in total. The molecule has 0 saturated heterocycles. The molecule has 0 aliphatic carbocycles. The molecule has 2 N–H and O–H groups in total. The zero-order valence-corrected chi connectivity index (χ0v) is 12.3. The van der Waals surface area contributed by atoms with Crippen molar-refractivity contribution in [2.24, 2.45) is 0 Å². The number of hydrogen-bond donors (Lipinski definition) is 2. The third-order valence-electron chi connectivity index (χ3n) is 3.36. The molecule has 0 bridgehead atoms. The van der Waals surface area contributed by atoms with Crippen LogP contribution in [0.5, 0.6) is 28.7 Å². The average molecular weight is 314 g/mol. The molecule has 0 aromatic heterocycles. The van der Waals surface area contributed by atoms with Crippen LogP contribution in [0.2, 0.25) is 0 Å². The van der Waals surface area contributed by atoms with Gasteiger partial charge in [0.2, 0.25) is 6.79 Å². The van der Waals surface area contributed by atoms with E-state index in [1.54, 1.807) is 24.3 Å². The van der Waals surface area contributed by atoms with Crippen molar-refractivity contribution in [1.29, 1.82) is 0 Å². The van der Waals surface area contributed by atoms with Crippen molar-refractivity contribution >= 4 is 11.9 Å². The summed E-state index contributed by atoms with van der Waals surface area (Å²) in [5.41, 5.74) is 0.738. The summed E-state index contributed by atoms with van der Waals surface area (Å²) in [4.78, 5) is 12.3. The number of ether oxygens (including phenoxy) is 3. The number of carbonyl (C=O) groups excluding carboxylic acids is 1. The Kier molecular flexibility index (Phi) is 3.80.